The van der Waals surface area contributed by atoms with Gasteiger partial charge >= 0.3 is 12.5 Å². The summed E-state index contributed by atoms with van der Waals surface area (Å²) in [5.41, 5.74) is -2.16. The largest absolute Gasteiger partial charge is 0.573 e. The molecule has 2 atom stereocenters. The molecule has 0 aliphatic heterocycles. The van der Waals surface area contributed by atoms with Gasteiger partial charge < -0.3 is 14.9 Å². The lowest BCUT2D eigenvalue weighted by Gasteiger charge is -2.27. The summed E-state index contributed by atoms with van der Waals surface area (Å²) in [5.74, 6) is -0.465. The summed E-state index contributed by atoms with van der Waals surface area (Å²) in [5, 5.41) is 20.7. The number of hydrogen-bond acceptors (Lipinski definition) is 3. The molecule has 0 aliphatic rings. The highest BCUT2D eigenvalue weighted by molar-refractivity contribution is 5.31. The van der Waals surface area contributed by atoms with Gasteiger partial charge in [0.2, 0.25) is 0 Å². The molecule has 0 saturated heterocycles. The molecule has 0 aromatic heterocycles. The average Bonchev–Trinajstić information content (AvgIpc) is 2.53. The van der Waals surface area contributed by atoms with Gasteiger partial charge in [-0.3, -0.25) is 0 Å². The minimum Gasteiger partial charge on any atom is -0.406 e. The van der Waals surface area contributed by atoms with E-state index in [2.05, 4.69) is 4.74 Å². The number of rotatable bonds is 5. The minimum atomic E-state index is -4.84. The third kappa shape index (κ3) is 5.86. The van der Waals surface area contributed by atoms with Gasteiger partial charge in [-0.25, -0.2) is 0 Å². The second kappa shape index (κ2) is 7.40. The van der Waals surface area contributed by atoms with Crippen molar-refractivity contribution in [3.63, 3.8) is 0 Å². The molecule has 2 unspecified atom stereocenters. The van der Waals surface area contributed by atoms with Gasteiger partial charge in [-0.1, -0.05) is 24.3 Å². The van der Waals surface area contributed by atoms with Crippen LogP contribution in [-0.4, -0.2) is 16.6 Å². The predicted molar refractivity (Wildman–Crippen MR) is 83.7 cm³/mol. The lowest BCUT2D eigenvalue weighted by atomic mass is 9.87. The Labute approximate surface area is 150 Å². The van der Waals surface area contributed by atoms with Crippen molar-refractivity contribution in [3.05, 3.63) is 65.2 Å². The van der Waals surface area contributed by atoms with Gasteiger partial charge in [0.25, 0.3) is 0 Å². The molecule has 0 radical (unpaired) electrons. The fourth-order valence-electron chi connectivity index (χ4n) is 2.52. The van der Waals surface area contributed by atoms with Gasteiger partial charge in [0.15, 0.2) is 0 Å². The predicted octanol–water partition coefficient (Wildman–Crippen LogP) is 4.94. The van der Waals surface area contributed by atoms with Crippen molar-refractivity contribution >= 4 is 0 Å². The van der Waals surface area contributed by atoms with Gasteiger partial charge in [-0.15, -0.1) is 13.2 Å². The Morgan fingerprint density at radius 3 is 1.78 bits per heavy atom. The molecule has 0 saturated carbocycles. The molecular weight excluding hydrogens is 378 g/mol. The maximum atomic E-state index is 12.6. The molecule has 0 fully saturated rings. The van der Waals surface area contributed by atoms with Crippen LogP contribution in [-0.2, 0) is 11.8 Å². The zero-order valence-corrected chi connectivity index (χ0v) is 14.0. The standard InChI is InChI=1S/C18H16F6O3/c1-16(26,12-4-6-13(7-5-12)17(19,20)21)10-15(25)11-2-8-14(9-3-11)27-18(22,23)24/h2-9,15,25-26H,10H2,1H3. The van der Waals surface area contributed by atoms with E-state index in [0.717, 1.165) is 36.4 Å². The van der Waals surface area contributed by atoms with Crippen LogP contribution in [0.2, 0.25) is 0 Å². The molecule has 27 heavy (non-hydrogen) atoms. The van der Waals surface area contributed by atoms with Crippen molar-refractivity contribution in [2.75, 3.05) is 0 Å². The van der Waals surface area contributed by atoms with Gasteiger partial charge in [-0.2, -0.15) is 13.2 Å². The summed E-state index contributed by atoms with van der Waals surface area (Å²) in [6, 6.07) is 8.28. The Morgan fingerprint density at radius 2 is 1.33 bits per heavy atom. The molecule has 0 bridgehead atoms. The molecular formula is C18H16F6O3. The van der Waals surface area contributed by atoms with Crippen LogP contribution in [0, 0.1) is 0 Å². The highest BCUT2D eigenvalue weighted by Crippen LogP contribution is 2.35. The van der Waals surface area contributed by atoms with E-state index in [9.17, 15) is 36.6 Å². The van der Waals surface area contributed by atoms with E-state index in [1.807, 2.05) is 0 Å². The number of hydrogen-bond donors (Lipinski definition) is 2. The quantitative estimate of drug-likeness (QED) is 0.707. The van der Waals surface area contributed by atoms with Crippen molar-refractivity contribution in [2.45, 2.75) is 37.6 Å². The molecule has 0 aliphatic carbocycles. The smallest absolute Gasteiger partial charge is 0.406 e. The summed E-state index contributed by atoms with van der Waals surface area (Å²) < 4.78 is 77.9. The third-order valence-corrected chi connectivity index (χ3v) is 3.92. The number of aliphatic hydroxyl groups is 2. The first-order valence-electron chi connectivity index (χ1n) is 7.72. The monoisotopic (exact) mass is 394 g/mol. The molecule has 3 nitrogen and oxygen atoms in total. The second-order valence-electron chi connectivity index (χ2n) is 6.19. The highest BCUT2D eigenvalue weighted by atomic mass is 19.4. The lowest BCUT2D eigenvalue weighted by molar-refractivity contribution is -0.274. The number of benzene rings is 2. The molecule has 0 heterocycles. The van der Waals surface area contributed by atoms with Crippen LogP contribution in [0.25, 0.3) is 0 Å². The van der Waals surface area contributed by atoms with E-state index in [1.54, 1.807) is 0 Å². The highest BCUT2D eigenvalue weighted by Gasteiger charge is 2.33. The van der Waals surface area contributed by atoms with Crippen molar-refractivity contribution < 1.29 is 41.3 Å². The Balaban J connectivity index is 2.10. The third-order valence-electron chi connectivity index (χ3n) is 3.92. The topological polar surface area (TPSA) is 49.7 Å². The van der Waals surface area contributed by atoms with E-state index in [4.69, 9.17) is 0 Å². The van der Waals surface area contributed by atoms with E-state index < -0.39 is 35.6 Å². The van der Waals surface area contributed by atoms with Crippen LogP contribution in [0.5, 0.6) is 5.75 Å². The van der Waals surface area contributed by atoms with Crippen molar-refractivity contribution in [1.82, 2.24) is 0 Å². The number of alkyl halides is 6. The van der Waals surface area contributed by atoms with Crippen molar-refractivity contribution in [1.29, 1.82) is 0 Å². The van der Waals surface area contributed by atoms with Crippen LogP contribution in [0.3, 0.4) is 0 Å². The van der Waals surface area contributed by atoms with Crippen LogP contribution in [0.1, 0.15) is 36.1 Å². The Bertz CT molecular complexity index is 749. The van der Waals surface area contributed by atoms with Gasteiger partial charge in [0.1, 0.15) is 5.75 Å². The molecule has 2 N–H and O–H groups in total. The van der Waals surface area contributed by atoms with Gasteiger partial charge in [0, 0.05) is 6.42 Å². The van der Waals surface area contributed by atoms with Crippen LogP contribution in [0.15, 0.2) is 48.5 Å². The summed E-state index contributed by atoms with van der Waals surface area (Å²) in [6.45, 7) is 1.32. The van der Waals surface area contributed by atoms with E-state index >= 15 is 0 Å². The lowest BCUT2D eigenvalue weighted by Crippen LogP contribution is -2.24. The first-order valence-corrected chi connectivity index (χ1v) is 7.72. The summed E-state index contributed by atoms with van der Waals surface area (Å²) in [7, 11) is 0. The van der Waals surface area contributed by atoms with Crippen LogP contribution >= 0.6 is 0 Å². The second-order valence-corrected chi connectivity index (χ2v) is 6.19. The molecule has 0 spiro atoms. The summed E-state index contributed by atoms with van der Waals surface area (Å²) >= 11 is 0. The molecule has 9 heteroatoms. The number of aliphatic hydroxyl groups excluding tert-OH is 1. The van der Waals surface area contributed by atoms with E-state index in [-0.39, 0.29) is 17.5 Å². The molecule has 0 amide bonds. The normalized spacial score (nSPS) is 15.9. The molecule has 2 rings (SSSR count). The van der Waals surface area contributed by atoms with Gasteiger partial charge in [0.05, 0.1) is 17.3 Å². The zero-order valence-electron chi connectivity index (χ0n) is 14.0. The first kappa shape index (κ1) is 21.0. The summed E-state index contributed by atoms with van der Waals surface area (Å²) in [4.78, 5) is 0. The van der Waals surface area contributed by atoms with E-state index in [0.29, 0.717) is 0 Å². The van der Waals surface area contributed by atoms with Crippen molar-refractivity contribution in [2.24, 2.45) is 0 Å². The van der Waals surface area contributed by atoms with Crippen LogP contribution in [0.4, 0.5) is 26.3 Å². The SMILES string of the molecule is CC(O)(CC(O)c1ccc(OC(F)(F)F)cc1)c1ccc(C(F)(F)F)cc1. The first-order chi connectivity index (χ1) is 12.3. The minimum absolute atomic E-state index is 0.159. The number of halogens is 6. The molecule has 2 aromatic carbocycles. The maximum absolute atomic E-state index is 12.6. The Morgan fingerprint density at radius 1 is 0.852 bits per heavy atom. The van der Waals surface area contributed by atoms with Crippen molar-refractivity contribution in [3.8, 4) is 5.75 Å². The van der Waals surface area contributed by atoms with E-state index in [1.165, 1.54) is 19.1 Å². The fraction of sp³-hybridized carbons (Fsp3) is 0.333. The Hall–Kier alpha value is -2.26. The molecule has 148 valence electrons. The average molecular weight is 394 g/mol. The number of ether oxygens (including phenoxy) is 1. The zero-order chi connectivity index (χ0) is 20.5. The fourth-order valence-corrected chi connectivity index (χ4v) is 2.52. The van der Waals surface area contributed by atoms with Gasteiger partial charge in [-0.05, 0) is 42.3 Å². The van der Waals surface area contributed by atoms with Crippen LogP contribution < -0.4 is 4.74 Å². The summed E-state index contributed by atoms with van der Waals surface area (Å²) in [6.07, 6.45) is -10.9. The maximum Gasteiger partial charge on any atom is 0.573 e. The Kier molecular flexibility index (Phi) is 5.77. The molecule has 2 aromatic rings.